The molecule has 0 amide bonds. The second-order valence-electron chi connectivity index (χ2n) is 5.08. The van der Waals surface area contributed by atoms with Crippen molar-refractivity contribution in [3.8, 4) is 0 Å². The summed E-state index contributed by atoms with van der Waals surface area (Å²) < 4.78 is 26.7. The van der Waals surface area contributed by atoms with E-state index in [1.165, 1.54) is 19.3 Å². The quantitative estimate of drug-likeness (QED) is 0.750. The largest absolute Gasteiger partial charge is 0.214 e. The highest BCUT2D eigenvalue weighted by Crippen LogP contribution is 2.33. The second-order valence-corrected chi connectivity index (χ2v) is 7.01. The molecule has 2 atom stereocenters. The first-order valence-electron chi connectivity index (χ1n) is 6.11. The van der Waals surface area contributed by atoms with Gasteiger partial charge < -0.3 is 0 Å². The van der Waals surface area contributed by atoms with Crippen molar-refractivity contribution in [3.63, 3.8) is 0 Å². The Morgan fingerprint density at radius 1 is 1.00 bits per heavy atom. The van der Waals surface area contributed by atoms with Crippen LogP contribution < -0.4 is 4.72 Å². The minimum absolute atomic E-state index is 0.103. The molecule has 0 aromatic carbocycles. The van der Waals surface area contributed by atoms with Crippen molar-refractivity contribution in [1.29, 1.82) is 0 Å². The van der Waals surface area contributed by atoms with Crippen LogP contribution in [0.3, 0.4) is 0 Å². The molecule has 1 saturated heterocycles. The van der Waals surface area contributed by atoms with E-state index >= 15 is 0 Å². The number of hydrogen-bond donors (Lipinski definition) is 1. The van der Waals surface area contributed by atoms with Gasteiger partial charge in [0.05, 0.1) is 5.25 Å². The van der Waals surface area contributed by atoms with Crippen LogP contribution in [-0.2, 0) is 10.0 Å². The van der Waals surface area contributed by atoms with Crippen molar-refractivity contribution < 1.29 is 8.42 Å². The van der Waals surface area contributed by atoms with Gasteiger partial charge in [0.2, 0.25) is 10.0 Å². The lowest BCUT2D eigenvalue weighted by atomic mass is 9.85. The zero-order valence-corrected chi connectivity index (χ0v) is 10.2. The van der Waals surface area contributed by atoms with E-state index in [0.717, 1.165) is 25.7 Å². The molecule has 0 spiro atoms. The second kappa shape index (κ2) is 4.42. The van der Waals surface area contributed by atoms with Crippen LogP contribution in [0.5, 0.6) is 0 Å². The minimum atomic E-state index is -3.02. The molecule has 1 saturated carbocycles. The van der Waals surface area contributed by atoms with Gasteiger partial charge in [0, 0.05) is 6.04 Å². The van der Waals surface area contributed by atoms with Gasteiger partial charge in [-0.05, 0) is 38.5 Å². The number of nitrogens with one attached hydrogen (secondary N) is 1. The Morgan fingerprint density at radius 2 is 1.67 bits per heavy atom. The van der Waals surface area contributed by atoms with Gasteiger partial charge in [-0.15, -0.1) is 0 Å². The van der Waals surface area contributed by atoms with Crippen molar-refractivity contribution in [1.82, 2.24) is 4.72 Å². The Balaban J connectivity index is 2.07. The van der Waals surface area contributed by atoms with Crippen molar-refractivity contribution >= 4 is 10.0 Å². The lowest BCUT2D eigenvalue weighted by Crippen LogP contribution is -2.48. The molecule has 2 aliphatic rings. The highest BCUT2D eigenvalue weighted by atomic mass is 32.2. The average Bonchev–Trinajstić information content (AvgIpc) is 2.17. The Bertz CT molecular complexity index is 307. The van der Waals surface area contributed by atoms with Crippen LogP contribution in [0.25, 0.3) is 0 Å². The zero-order chi connectivity index (χ0) is 10.9. The van der Waals surface area contributed by atoms with E-state index in [0.29, 0.717) is 5.92 Å². The van der Waals surface area contributed by atoms with Gasteiger partial charge in [0.25, 0.3) is 0 Å². The third-order valence-electron chi connectivity index (χ3n) is 3.82. The molecule has 1 heterocycles. The predicted octanol–water partition coefficient (Wildman–Crippen LogP) is 2.04. The first kappa shape index (κ1) is 11.4. The molecule has 1 aliphatic carbocycles. The standard InChI is InChI=1S/C11H21NO2S/c1-9-7-8-11(15(13,14)12-9)10-5-3-2-4-6-10/h9-12H,2-8H2,1H3/t9-,11-/m0/s1. The van der Waals surface area contributed by atoms with Crippen LogP contribution in [0.15, 0.2) is 0 Å². The monoisotopic (exact) mass is 231 g/mol. The van der Waals surface area contributed by atoms with Crippen molar-refractivity contribution in [2.24, 2.45) is 5.92 Å². The van der Waals surface area contributed by atoms with Gasteiger partial charge in [0.15, 0.2) is 0 Å². The molecule has 2 fully saturated rings. The van der Waals surface area contributed by atoms with E-state index in [1.807, 2.05) is 6.92 Å². The van der Waals surface area contributed by atoms with Gasteiger partial charge in [-0.1, -0.05) is 19.3 Å². The normalized spacial score (nSPS) is 37.7. The van der Waals surface area contributed by atoms with Gasteiger partial charge in [-0.2, -0.15) is 0 Å². The molecule has 2 rings (SSSR count). The summed E-state index contributed by atoms with van der Waals surface area (Å²) >= 11 is 0. The van der Waals surface area contributed by atoms with Crippen LogP contribution in [0.1, 0.15) is 51.9 Å². The van der Waals surface area contributed by atoms with E-state index in [4.69, 9.17) is 0 Å². The van der Waals surface area contributed by atoms with Crippen molar-refractivity contribution in [2.45, 2.75) is 63.2 Å². The molecule has 0 aromatic heterocycles. The Labute approximate surface area is 92.7 Å². The summed E-state index contributed by atoms with van der Waals surface area (Å²) in [6, 6.07) is 0.134. The topological polar surface area (TPSA) is 46.2 Å². The van der Waals surface area contributed by atoms with E-state index in [2.05, 4.69) is 4.72 Å². The lowest BCUT2D eigenvalue weighted by Gasteiger charge is -2.34. The SMILES string of the molecule is C[C@H]1CC[C@@H](C2CCCCC2)S(=O)(=O)N1. The van der Waals surface area contributed by atoms with Crippen LogP contribution in [0.4, 0.5) is 0 Å². The molecular formula is C11H21NO2S. The molecule has 0 unspecified atom stereocenters. The molecule has 88 valence electrons. The number of hydrogen-bond acceptors (Lipinski definition) is 2. The van der Waals surface area contributed by atoms with E-state index in [-0.39, 0.29) is 11.3 Å². The average molecular weight is 231 g/mol. The molecule has 3 nitrogen and oxygen atoms in total. The first-order valence-corrected chi connectivity index (χ1v) is 7.65. The summed E-state index contributed by atoms with van der Waals surface area (Å²) in [7, 11) is -3.02. The summed E-state index contributed by atoms with van der Waals surface area (Å²) in [5.41, 5.74) is 0. The molecule has 0 aromatic rings. The number of sulfonamides is 1. The highest BCUT2D eigenvalue weighted by molar-refractivity contribution is 7.90. The fourth-order valence-corrected chi connectivity index (χ4v) is 5.07. The van der Waals surface area contributed by atoms with E-state index in [9.17, 15) is 8.42 Å². The van der Waals surface area contributed by atoms with Crippen molar-refractivity contribution in [3.05, 3.63) is 0 Å². The van der Waals surface area contributed by atoms with Gasteiger partial charge in [-0.3, -0.25) is 0 Å². The summed E-state index contributed by atoms with van der Waals surface area (Å²) in [6.07, 6.45) is 7.80. The van der Waals surface area contributed by atoms with Crippen LogP contribution in [0.2, 0.25) is 0 Å². The first-order chi connectivity index (χ1) is 7.09. The third-order valence-corrected chi connectivity index (χ3v) is 5.97. The molecule has 15 heavy (non-hydrogen) atoms. The summed E-state index contributed by atoms with van der Waals surface area (Å²) in [4.78, 5) is 0. The molecule has 0 bridgehead atoms. The van der Waals surface area contributed by atoms with Crippen LogP contribution >= 0.6 is 0 Å². The van der Waals surface area contributed by atoms with Crippen LogP contribution in [0, 0.1) is 5.92 Å². The van der Waals surface area contributed by atoms with Gasteiger partial charge in [-0.25, -0.2) is 13.1 Å². The van der Waals surface area contributed by atoms with Crippen molar-refractivity contribution in [2.75, 3.05) is 0 Å². The fourth-order valence-electron chi connectivity index (χ4n) is 2.99. The Morgan fingerprint density at radius 3 is 2.27 bits per heavy atom. The highest BCUT2D eigenvalue weighted by Gasteiger charge is 2.37. The van der Waals surface area contributed by atoms with Gasteiger partial charge in [0.1, 0.15) is 0 Å². The Hall–Kier alpha value is -0.0900. The lowest BCUT2D eigenvalue weighted by molar-refractivity contribution is 0.313. The molecule has 1 N–H and O–H groups in total. The third kappa shape index (κ3) is 2.53. The molecular weight excluding hydrogens is 210 g/mol. The molecule has 4 heteroatoms. The van der Waals surface area contributed by atoms with E-state index < -0.39 is 10.0 Å². The van der Waals surface area contributed by atoms with E-state index in [1.54, 1.807) is 0 Å². The minimum Gasteiger partial charge on any atom is -0.212 e. The number of rotatable bonds is 1. The Kier molecular flexibility index (Phi) is 3.36. The smallest absolute Gasteiger partial charge is 0.212 e. The zero-order valence-electron chi connectivity index (χ0n) is 9.41. The molecule has 1 aliphatic heterocycles. The predicted molar refractivity (Wildman–Crippen MR) is 61.1 cm³/mol. The maximum absolute atomic E-state index is 12.0. The fraction of sp³-hybridized carbons (Fsp3) is 1.00. The molecule has 0 radical (unpaired) electrons. The van der Waals surface area contributed by atoms with Gasteiger partial charge >= 0.3 is 0 Å². The van der Waals surface area contributed by atoms with Crippen LogP contribution in [-0.4, -0.2) is 19.7 Å². The summed E-state index contributed by atoms with van der Waals surface area (Å²) in [5, 5.41) is -0.103. The summed E-state index contributed by atoms with van der Waals surface area (Å²) in [6.45, 7) is 1.95. The summed E-state index contributed by atoms with van der Waals surface area (Å²) in [5.74, 6) is 0.420. The maximum atomic E-state index is 12.0. The maximum Gasteiger partial charge on any atom is 0.214 e.